The summed E-state index contributed by atoms with van der Waals surface area (Å²) in [5, 5.41) is 6.79. The predicted octanol–water partition coefficient (Wildman–Crippen LogP) is 0.736. The van der Waals surface area contributed by atoms with Gasteiger partial charge >= 0.3 is 0 Å². The summed E-state index contributed by atoms with van der Waals surface area (Å²) in [6, 6.07) is 0. The fraction of sp³-hybridized carbons (Fsp3) is 0.857. The van der Waals surface area contributed by atoms with Gasteiger partial charge in [-0.05, 0) is 30.5 Å². The average Bonchev–Trinajstić information content (AvgIpc) is 2.61. The second-order valence-corrected chi connectivity index (χ2v) is 3.34. The molecule has 1 fully saturated rings. The third-order valence-electron chi connectivity index (χ3n) is 2.03. The van der Waals surface area contributed by atoms with Gasteiger partial charge in [0.05, 0.1) is 0 Å². The number of rotatable bonds is 2. The molecule has 0 aromatic heterocycles. The molecule has 3 heteroatoms. The molecular formula is C7H14N2S. The summed E-state index contributed by atoms with van der Waals surface area (Å²) < 4.78 is 0. The van der Waals surface area contributed by atoms with Crippen LogP contribution in [0.15, 0.2) is 0 Å². The molecule has 1 saturated carbocycles. The minimum absolute atomic E-state index is 0.763. The van der Waals surface area contributed by atoms with Gasteiger partial charge in [-0.1, -0.05) is 6.92 Å². The van der Waals surface area contributed by atoms with Crippen molar-refractivity contribution in [1.82, 2.24) is 10.6 Å². The van der Waals surface area contributed by atoms with Gasteiger partial charge in [-0.3, -0.25) is 0 Å². The summed E-state index contributed by atoms with van der Waals surface area (Å²) in [5.41, 5.74) is 0. The molecule has 58 valence electrons. The normalized spacial score (nSPS) is 29.4. The Morgan fingerprint density at radius 2 is 2.30 bits per heavy atom. The first-order valence-corrected chi connectivity index (χ1v) is 4.10. The Bertz CT molecular complexity index is 136. The van der Waals surface area contributed by atoms with Crippen LogP contribution in [0.5, 0.6) is 0 Å². The summed E-state index contributed by atoms with van der Waals surface area (Å²) in [7, 11) is 1.84. The Morgan fingerprint density at radius 3 is 2.70 bits per heavy atom. The van der Waals surface area contributed by atoms with E-state index < -0.39 is 0 Å². The molecular weight excluding hydrogens is 144 g/mol. The number of nitrogens with one attached hydrogen (secondary N) is 2. The van der Waals surface area contributed by atoms with Crippen molar-refractivity contribution in [2.45, 2.75) is 13.3 Å². The molecule has 0 amide bonds. The third-order valence-corrected chi connectivity index (χ3v) is 2.38. The third kappa shape index (κ3) is 2.14. The first kappa shape index (κ1) is 7.79. The van der Waals surface area contributed by atoms with Crippen LogP contribution in [0.1, 0.15) is 13.3 Å². The Kier molecular flexibility index (Phi) is 2.49. The largest absolute Gasteiger partial charge is 0.366 e. The maximum Gasteiger partial charge on any atom is 0.166 e. The van der Waals surface area contributed by atoms with E-state index in [-0.39, 0.29) is 0 Å². The van der Waals surface area contributed by atoms with Crippen LogP contribution in [-0.2, 0) is 0 Å². The van der Waals surface area contributed by atoms with E-state index in [9.17, 15) is 0 Å². The summed E-state index contributed by atoms with van der Waals surface area (Å²) >= 11 is 4.92. The van der Waals surface area contributed by atoms with E-state index in [2.05, 4.69) is 17.6 Å². The molecule has 2 N–H and O–H groups in total. The minimum atomic E-state index is 0.763. The molecule has 0 aromatic carbocycles. The molecule has 0 spiro atoms. The first-order valence-electron chi connectivity index (χ1n) is 3.69. The molecule has 2 unspecified atom stereocenters. The van der Waals surface area contributed by atoms with Gasteiger partial charge in [-0.2, -0.15) is 0 Å². The quantitative estimate of drug-likeness (QED) is 0.580. The molecule has 2 atom stereocenters. The SMILES string of the molecule is CNC(=S)NCC1CC1C. The average molecular weight is 158 g/mol. The predicted molar refractivity (Wildman–Crippen MR) is 46.9 cm³/mol. The number of thiocarbonyl (C=S) groups is 1. The highest BCUT2D eigenvalue weighted by Crippen LogP contribution is 2.36. The Labute approximate surface area is 67.4 Å². The van der Waals surface area contributed by atoms with Crippen molar-refractivity contribution in [2.24, 2.45) is 11.8 Å². The van der Waals surface area contributed by atoms with Crippen molar-refractivity contribution in [3.05, 3.63) is 0 Å². The fourth-order valence-corrected chi connectivity index (χ4v) is 1.08. The highest BCUT2D eigenvalue weighted by molar-refractivity contribution is 7.80. The minimum Gasteiger partial charge on any atom is -0.366 e. The lowest BCUT2D eigenvalue weighted by Gasteiger charge is -2.04. The van der Waals surface area contributed by atoms with Crippen LogP contribution >= 0.6 is 12.2 Å². The summed E-state index contributed by atoms with van der Waals surface area (Å²) in [4.78, 5) is 0. The molecule has 0 radical (unpaired) electrons. The monoisotopic (exact) mass is 158 g/mol. The fourth-order valence-electron chi connectivity index (χ4n) is 0.996. The summed E-state index contributed by atoms with van der Waals surface area (Å²) in [5.74, 6) is 1.78. The highest BCUT2D eigenvalue weighted by atomic mass is 32.1. The lowest BCUT2D eigenvalue weighted by molar-refractivity contribution is 0.708. The highest BCUT2D eigenvalue weighted by Gasteiger charge is 2.31. The first-order chi connectivity index (χ1) is 4.74. The summed E-state index contributed by atoms with van der Waals surface area (Å²) in [6.45, 7) is 3.32. The molecule has 1 rings (SSSR count). The smallest absolute Gasteiger partial charge is 0.166 e. The van der Waals surface area contributed by atoms with Gasteiger partial charge in [-0.25, -0.2) is 0 Å². The van der Waals surface area contributed by atoms with Crippen molar-refractivity contribution in [3.8, 4) is 0 Å². The van der Waals surface area contributed by atoms with Crippen molar-refractivity contribution in [2.75, 3.05) is 13.6 Å². The summed E-state index contributed by atoms with van der Waals surface area (Å²) in [6.07, 6.45) is 1.36. The zero-order valence-electron chi connectivity index (χ0n) is 6.48. The maximum atomic E-state index is 4.92. The molecule has 0 bridgehead atoms. The van der Waals surface area contributed by atoms with E-state index in [1.807, 2.05) is 7.05 Å². The van der Waals surface area contributed by atoms with E-state index in [4.69, 9.17) is 12.2 Å². The Morgan fingerprint density at radius 1 is 1.70 bits per heavy atom. The topological polar surface area (TPSA) is 24.1 Å². The molecule has 0 heterocycles. The van der Waals surface area contributed by atoms with Gasteiger partial charge < -0.3 is 10.6 Å². The molecule has 0 aromatic rings. The second-order valence-electron chi connectivity index (χ2n) is 2.93. The van der Waals surface area contributed by atoms with E-state index >= 15 is 0 Å². The van der Waals surface area contributed by atoms with E-state index in [1.165, 1.54) is 6.42 Å². The van der Waals surface area contributed by atoms with E-state index in [1.54, 1.807) is 0 Å². The van der Waals surface area contributed by atoms with Gasteiger partial charge in [0.1, 0.15) is 0 Å². The zero-order valence-corrected chi connectivity index (χ0v) is 7.29. The van der Waals surface area contributed by atoms with Gasteiger partial charge in [0.25, 0.3) is 0 Å². The lowest BCUT2D eigenvalue weighted by atomic mass is 10.3. The molecule has 0 aliphatic heterocycles. The van der Waals surface area contributed by atoms with Crippen LogP contribution in [0, 0.1) is 11.8 Å². The number of hydrogen-bond donors (Lipinski definition) is 2. The van der Waals surface area contributed by atoms with Crippen LogP contribution in [0.2, 0.25) is 0 Å². The second kappa shape index (κ2) is 3.19. The van der Waals surface area contributed by atoms with Crippen LogP contribution in [0.3, 0.4) is 0 Å². The Hall–Kier alpha value is -0.310. The van der Waals surface area contributed by atoms with Crippen molar-refractivity contribution < 1.29 is 0 Å². The van der Waals surface area contributed by atoms with Crippen LogP contribution in [0.25, 0.3) is 0 Å². The van der Waals surface area contributed by atoms with E-state index in [0.717, 1.165) is 23.5 Å². The van der Waals surface area contributed by atoms with E-state index in [0.29, 0.717) is 0 Å². The van der Waals surface area contributed by atoms with Crippen LogP contribution in [-0.4, -0.2) is 18.7 Å². The lowest BCUT2D eigenvalue weighted by Crippen LogP contribution is -2.33. The Balaban J connectivity index is 2.00. The standard InChI is InChI=1S/C7H14N2S/c1-5-3-6(5)4-9-7(10)8-2/h5-6H,3-4H2,1-2H3,(H2,8,9,10). The molecule has 2 nitrogen and oxygen atoms in total. The van der Waals surface area contributed by atoms with Gasteiger partial charge in [0.15, 0.2) is 5.11 Å². The van der Waals surface area contributed by atoms with Crippen molar-refractivity contribution in [3.63, 3.8) is 0 Å². The molecule has 0 saturated heterocycles. The molecule has 1 aliphatic carbocycles. The van der Waals surface area contributed by atoms with Gasteiger partial charge in [0.2, 0.25) is 0 Å². The van der Waals surface area contributed by atoms with Crippen molar-refractivity contribution >= 4 is 17.3 Å². The zero-order chi connectivity index (χ0) is 7.56. The van der Waals surface area contributed by atoms with Crippen LogP contribution < -0.4 is 10.6 Å². The number of hydrogen-bond acceptors (Lipinski definition) is 1. The van der Waals surface area contributed by atoms with Crippen LogP contribution in [0.4, 0.5) is 0 Å². The molecule has 10 heavy (non-hydrogen) atoms. The van der Waals surface area contributed by atoms with Crippen molar-refractivity contribution in [1.29, 1.82) is 0 Å². The molecule has 1 aliphatic rings. The maximum absolute atomic E-state index is 4.92. The van der Waals surface area contributed by atoms with Gasteiger partial charge in [0, 0.05) is 13.6 Å². The van der Waals surface area contributed by atoms with Gasteiger partial charge in [-0.15, -0.1) is 0 Å².